The van der Waals surface area contributed by atoms with E-state index in [2.05, 4.69) is 21.3 Å². The molecule has 0 bridgehead atoms. The van der Waals surface area contributed by atoms with Crippen molar-refractivity contribution in [3.05, 3.63) is 46.2 Å². The summed E-state index contributed by atoms with van der Waals surface area (Å²) in [5.74, 6) is -1.21. The lowest BCUT2D eigenvalue weighted by Gasteiger charge is -2.50. The molecule has 1 saturated carbocycles. The number of carbonyl (C=O) groups is 6. The van der Waals surface area contributed by atoms with E-state index in [4.69, 9.17) is 42.6 Å². The molecular weight excluding hydrogens is 1260 g/mol. The predicted molar refractivity (Wildman–Crippen MR) is 336 cm³/mol. The number of piperazine rings is 1. The minimum absolute atomic E-state index is 0.0616. The number of nitrogens with one attached hydrogen (secondary N) is 4. The molecule has 6 amide bonds. The highest BCUT2D eigenvalue weighted by atomic mass is 32.2. The van der Waals surface area contributed by atoms with E-state index in [-0.39, 0.29) is 44.7 Å². The van der Waals surface area contributed by atoms with Crippen LogP contribution in [0.15, 0.2) is 41.0 Å². The fraction of sp³-hybridized carbons (Fsp3) is 0.770. The van der Waals surface area contributed by atoms with Gasteiger partial charge in [0.15, 0.2) is 11.2 Å². The number of alkyl carbamates (subject to hydrolysis) is 3. The Morgan fingerprint density at radius 3 is 1.86 bits per heavy atom. The summed E-state index contributed by atoms with van der Waals surface area (Å²) >= 11 is 0. The second-order valence-corrected chi connectivity index (χ2v) is 31.1. The molecule has 3 fully saturated rings. The topological polar surface area (TPSA) is 405 Å². The average Bonchev–Trinajstić information content (AvgIpc) is 0.779. The van der Waals surface area contributed by atoms with E-state index in [1.54, 1.807) is 111 Å². The van der Waals surface area contributed by atoms with Crippen LogP contribution in [-0.2, 0) is 57.4 Å². The highest BCUT2D eigenvalue weighted by Crippen LogP contribution is 2.36. The fourth-order valence-corrected chi connectivity index (χ4v) is 12.3. The van der Waals surface area contributed by atoms with Gasteiger partial charge in [0.25, 0.3) is 5.69 Å². The molecule has 33 heteroatoms. The van der Waals surface area contributed by atoms with Crippen LogP contribution in [0.1, 0.15) is 136 Å². The van der Waals surface area contributed by atoms with Gasteiger partial charge in [-0.2, -0.15) is 4.31 Å². The van der Waals surface area contributed by atoms with Gasteiger partial charge in [0.1, 0.15) is 69.9 Å². The van der Waals surface area contributed by atoms with Crippen molar-refractivity contribution >= 4 is 52.1 Å². The quantitative estimate of drug-likeness (QED) is 0.0520. The van der Waals surface area contributed by atoms with Crippen LogP contribution in [0.3, 0.4) is 0 Å². The van der Waals surface area contributed by atoms with Crippen molar-refractivity contribution in [1.82, 2.24) is 40.3 Å². The second-order valence-electron chi connectivity index (χ2n) is 29.1. The van der Waals surface area contributed by atoms with Crippen LogP contribution in [-0.4, -0.2) is 256 Å². The van der Waals surface area contributed by atoms with Gasteiger partial charge in [0, 0.05) is 51.9 Å². The third-order valence-corrected chi connectivity index (χ3v) is 16.8. The van der Waals surface area contributed by atoms with Crippen molar-refractivity contribution in [3.8, 4) is 0 Å². The SMILES string of the molecule is CN1CCN(C(=O)OC(C)(C)C)CC1CCN(CC1=CC[C@@H](NC(=O)OC(C)(C)C)[C@@H](O[C@H]2[C@H](O)[C@@H](O[C@H]3OC[C@](C)(O)[C@H](N(C)C(=O)OC(C)(C)C)[C@H]3O)[C@H](NC(=O)[C@@H](O)CCNC(=O)OC(C)(C)C)C[C@@H]2NC(=O)OC(C)(C)C)O1)S(=O)(=O)c1ccccc1[N+](=O)[O-]. The largest absolute Gasteiger partial charge is 0.466 e. The van der Waals surface area contributed by atoms with E-state index in [9.17, 15) is 59.3 Å². The molecule has 0 radical (unpaired) electrons. The smallest absolute Gasteiger partial charge is 0.410 e. The van der Waals surface area contributed by atoms with Crippen LogP contribution in [0.5, 0.6) is 0 Å². The monoisotopic (exact) mass is 1360 g/mol. The minimum atomic E-state index is -4.84. The molecule has 8 N–H and O–H groups in total. The molecule has 13 atom stereocenters. The zero-order valence-corrected chi connectivity index (χ0v) is 58.1. The van der Waals surface area contributed by atoms with Gasteiger partial charge in [-0.25, -0.2) is 32.4 Å². The summed E-state index contributed by atoms with van der Waals surface area (Å²) in [7, 11) is -1.78. The Balaban J connectivity index is 1.61. The number of nitro benzene ring substituents is 1. The molecule has 1 unspecified atom stereocenters. The number of ether oxygens (including phenoxy) is 9. The number of nitrogens with zero attached hydrogens (tertiary/aromatic N) is 5. The Hall–Kier alpha value is -6.43. The van der Waals surface area contributed by atoms with Gasteiger partial charge in [-0.15, -0.1) is 0 Å². The molecular formula is C61H101N9O23S. The lowest BCUT2D eigenvalue weighted by molar-refractivity contribution is -0.387. The number of aliphatic hydroxyl groups is 4. The van der Waals surface area contributed by atoms with Crippen LogP contribution in [0.4, 0.5) is 29.7 Å². The molecule has 1 aliphatic carbocycles. The maximum atomic E-state index is 15.0. The van der Waals surface area contributed by atoms with Gasteiger partial charge in [0.2, 0.25) is 22.2 Å². The molecule has 4 aliphatic rings. The first-order valence-electron chi connectivity index (χ1n) is 31.2. The van der Waals surface area contributed by atoms with Gasteiger partial charge in [-0.3, -0.25) is 19.8 Å². The summed E-state index contributed by atoms with van der Waals surface area (Å²) in [6, 6.07) is -1.51. The van der Waals surface area contributed by atoms with Gasteiger partial charge in [-0.05, 0) is 156 Å². The van der Waals surface area contributed by atoms with Crippen LogP contribution < -0.4 is 21.3 Å². The Labute approximate surface area is 550 Å². The Morgan fingerprint density at radius 1 is 0.766 bits per heavy atom. The highest BCUT2D eigenvalue weighted by molar-refractivity contribution is 7.89. The van der Waals surface area contributed by atoms with E-state index in [0.29, 0.717) is 13.1 Å². The van der Waals surface area contributed by atoms with E-state index in [1.807, 2.05) is 4.90 Å². The summed E-state index contributed by atoms with van der Waals surface area (Å²) in [6.07, 6.45) is -17.2. The molecule has 1 aromatic carbocycles. The van der Waals surface area contributed by atoms with Crippen molar-refractivity contribution in [2.75, 3.05) is 60.0 Å². The molecule has 0 aromatic heterocycles. The zero-order chi connectivity index (χ0) is 71.0. The summed E-state index contributed by atoms with van der Waals surface area (Å²) < 4.78 is 84.4. The number of likely N-dealkylation sites (N-methyl/N-ethyl adjacent to an activating group) is 2. The highest BCUT2D eigenvalue weighted by Gasteiger charge is 2.55. The van der Waals surface area contributed by atoms with Crippen molar-refractivity contribution in [2.45, 2.75) is 248 Å². The van der Waals surface area contributed by atoms with Gasteiger partial charge >= 0.3 is 30.5 Å². The first kappa shape index (κ1) is 78.3. The molecule has 0 spiro atoms. The van der Waals surface area contributed by atoms with Gasteiger partial charge < -0.3 is 94.1 Å². The number of carbonyl (C=O) groups excluding carboxylic acids is 6. The third-order valence-electron chi connectivity index (χ3n) is 14.9. The molecule has 32 nitrogen and oxygen atoms in total. The average molecular weight is 1360 g/mol. The fourth-order valence-electron chi connectivity index (χ4n) is 10.7. The lowest BCUT2D eigenvalue weighted by atomic mass is 9.82. The minimum Gasteiger partial charge on any atom is -0.466 e. The Kier molecular flexibility index (Phi) is 26.0. The Bertz CT molecular complexity index is 2960. The van der Waals surface area contributed by atoms with Crippen molar-refractivity contribution in [1.29, 1.82) is 0 Å². The number of nitro groups is 1. The van der Waals surface area contributed by atoms with Crippen molar-refractivity contribution in [3.63, 3.8) is 0 Å². The van der Waals surface area contributed by atoms with Gasteiger partial charge in [0.05, 0.1) is 42.2 Å². The zero-order valence-electron chi connectivity index (χ0n) is 57.3. The molecule has 3 aliphatic heterocycles. The number of hydrogen-bond donors (Lipinski definition) is 8. The second kappa shape index (κ2) is 31.2. The number of sulfonamides is 1. The van der Waals surface area contributed by atoms with E-state index in [0.717, 1.165) is 21.3 Å². The predicted octanol–water partition coefficient (Wildman–Crippen LogP) is 3.94. The van der Waals surface area contributed by atoms with Crippen LogP contribution in [0.25, 0.3) is 0 Å². The number of para-hydroxylation sites is 1. The standard InChI is InChI=1S/C61H101N9O23S/c1-56(2,3)89-51(75)62-27-25-41(71)48(74)63-38-31-39(65-53(77)91-58(7,8)9)46(43(72)45(38)88-50-44(73)47(61(16,80)34-85-50)67(18)54(78)92-59(10,11)12)87-49-37(64-52(76)90-57(4,5)6)24-23-36(86-49)33-69(94(83,84)42-22-20-19-21-40(42)70(81)82)28-26-35-32-68(30-29-66(35)17)55(79)93-60(13,14)15/h19-23,35,37-39,41,43-47,49-50,71-73,80H,24-34H2,1-18H3,(H,62,75)(H,63,74)(H,64,76)(H,65,77)/t35?,37-,38-,39+,41+,43-,44-,45+,46-,47-,49-,50-,61+/m1/s1. The normalized spacial score (nSPS) is 26.9. The van der Waals surface area contributed by atoms with Crippen LogP contribution in [0, 0.1) is 10.1 Å². The molecule has 3 heterocycles. The first-order valence-corrected chi connectivity index (χ1v) is 32.7. The van der Waals surface area contributed by atoms with Crippen LogP contribution in [0.2, 0.25) is 0 Å². The molecule has 1 aromatic rings. The summed E-state index contributed by atoms with van der Waals surface area (Å²) in [5, 5.41) is 71.0. The summed E-state index contributed by atoms with van der Waals surface area (Å²) in [6.45, 7) is 24.7. The van der Waals surface area contributed by atoms with Gasteiger partial charge in [-0.1, -0.05) is 12.1 Å². The maximum absolute atomic E-state index is 15.0. The lowest BCUT2D eigenvalue weighted by Crippen LogP contribution is -2.71. The van der Waals surface area contributed by atoms with E-state index in [1.165, 1.54) is 37.1 Å². The number of aliphatic hydroxyl groups excluding tert-OH is 3. The number of benzene rings is 1. The molecule has 94 heavy (non-hydrogen) atoms. The van der Waals surface area contributed by atoms with Crippen molar-refractivity contribution < 1.29 is 105 Å². The number of rotatable bonds is 20. The van der Waals surface area contributed by atoms with Crippen LogP contribution >= 0.6 is 0 Å². The Morgan fingerprint density at radius 2 is 1.30 bits per heavy atom. The number of hydrogen-bond acceptors (Lipinski definition) is 24. The summed E-state index contributed by atoms with van der Waals surface area (Å²) in [5.41, 5.74) is -7.62. The summed E-state index contributed by atoms with van der Waals surface area (Å²) in [4.78, 5) is 96.5. The maximum Gasteiger partial charge on any atom is 0.410 e. The number of amides is 6. The molecule has 534 valence electrons. The third kappa shape index (κ3) is 23.2. The van der Waals surface area contributed by atoms with E-state index >= 15 is 8.42 Å². The van der Waals surface area contributed by atoms with E-state index < -0.39 is 188 Å². The molecule has 2 saturated heterocycles. The first-order chi connectivity index (χ1) is 43.0. The van der Waals surface area contributed by atoms with Crippen molar-refractivity contribution in [2.24, 2.45) is 0 Å². The molecule has 5 rings (SSSR count).